The predicted octanol–water partition coefficient (Wildman–Crippen LogP) is 2.69. The van der Waals surface area contributed by atoms with Crippen molar-refractivity contribution in [3.05, 3.63) is 30.5 Å². The smallest absolute Gasteiger partial charge is 0.228 e. The number of fused-ring (bicyclic) bond motifs is 2. The van der Waals surface area contributed by atoms with Gasteiger partial charge in [-0.1, -0.05) is 12.1 Å². The van der Waals surface area contributed by atoms with E-state index in [1.54, 1.807) is 7.11 Å². The van der Waals surface area contributed by atoms with Crippen LogP contribution in [-0.4, -0.2) is 67.7 Å². The molecule has 152 valence electrons. The minimum Gasteiger partial charge on any atom is -0.383 e. The number of nitrogens with one attached hydrogen (secondary N) is 2. The zero-order valence-electron chi connectivity index (χ0n) is 16.8. The number of hydrogen-bond donors (Lipinski definition) is 2. The quantitative estimate of drug-likeness (QED) is 0.689. The average Bonchev–Trinajstić information content (AvgIpc) is 3.40. The fraction of sp³-hybridized carbons (Fsp3) is 0.429. The Morgan fingerprint density at radius 1 is 1.21 bits per heavy atom. The Morgan fingerprint density at radius 2 is 2.07 bits per heavy atom. The van der Waals surface area contributed by atoms with Crippen LogP contribution >= 0.6 is 0 Å². The van der Waals surface area contributed by atoms with Crippen molar-refractivity contribution >= 4 is 28.4 Å². The second-order valence-electron chi connectivity index (χ2n) is 7.52. The average molecular weight is 394 g/mol. The third kappa shape index (κ3) is 3.18. The van der Waals surface area contributed by atoms with Crippen molar-refractivity contribution in [3.8, 4) is 11.3 Å². The number of ether oxygens (including phenoxy) is 2. The lowest BCUT2D eigenvalue weighted by molar-refractivity contribution is 0.122. The molecule has 2 N–H and O–H groups in total. The van der Waals surface area contributed by atoms with E-state index in [4.69, 9.17) is 19.4 Å². The van der Waals surface area contributed by atoms with Gasteiger partial charge in [0.1, 0.15) is 11.4 Å². The van der Waals surface area contributed by atoms with Crippen molar-refractivity contribution in [2.45, 2.75) is 13.0 Å². The van der Waals surface area contributed by atoms with Crippen molar-refractivity contribution < 1.29 is 9.47 Å². The highest BCUT2D eigenvalue weighted by molar-refractivity contribution is 5.99. The van der Waals surface area contributed by atoms with E-state index in [0.29, 0.717) is 26.5 Å². The molecule has 3 aromatic rings. The number of morpholine rings is 1. The van der Waals surface area contributed by atoms with Crippen LogP contribution < -0.4 is 15.1 Å². The van der Waals surface area contributed by atoms with Crippen molar-refractivity contribution in [2.24, 2.45) is 0 Å². The van der Waals surface area contributed by atoms with Crippen molar-refractivity contribution in [2.75, 3.05) is 61.8 Å². The first-order valence-electron chi connectivity index (χ1n) is 10.1. The van der Waals surface area contributed by atoms with Gasteiger partial charge in [0.15, 0.2) is 5.82 Å². The molecule has 1 fully saturated rings. The number of methoxy groups -OCH3 is 1. The standard InChI is InChI=1S/C21H26N6O2/c1-14(12-28-2)27-13-23-19-18(16-4-3-5-17-15(16)6-7-22-17)24-21(25-20(19)27)26-8-10-29-11-9-26/h3-7,14,22-23H,8-13H2,1-2H3. The Labute approximate surface area is 169 Å². The lowest BCUT2D eigenvalue weighted by Gasteiger charge is -2.29. The highest BCUT2D eigenvalue weighted by Crippen LogP contribution is 2.41. The van der Waals surface area contributed by atoms with Crippen LogP contribution in [-0.2, 0) is 9.47 Å². The number of benzene rings is 1. The fourth-order valence-corrected chi connectivity index (χ4v) is 4.13. The topological polar surface area (TPSA) is 78.5 Å². The van der Waals surface area contributed by atoms with Crippen molar-refractivity contribution in [3.63, 3.8) is 0 Å². The molecule has 0 aliphatic carbocycles. The molecular formula is C21H26N6O2. The maximum Gasteiger partial charge on any atom is 0.228 e. The molecule has 29 heavy (non-hydrogen) atoms. The van der Waals surface area contributed by atoms with Gasteiger partial charge in [-0.05, 0) is 19.1 Å². The molecule has 0 saturated carbocycles. The molecule has 5 rings (SSSR count). The molecule has 1 atom stereocenters. The largest absolute Gasteiger partial charge is 0.383 e. The lowest BCUT2D eigenvalue weighted by Crippen LogP contribution is -2.38. The number of H-pyrrole nitrogens is 1. The van der Waals surface area contributed by atoms with Gasteiger partial charge in [-0.25, -0.2) is 4.98 Å². The van der Waals surface area contributed by atoms with Gasteiger partial charge in [-0.15, -0.1) is 0 Å². The molecule has 0 radical (unpaired) electrons. The first kappa shape index (κ1) is 18.2. The summed E-state index contributed by atoms with van der Waals surface area (Å²) in [6.07, 6.45) is 1.97. The van der Waals surface area contributed by atoms with Crippen LogP contribution in [0, 0.1) is 0 Å². The van der Waals surface area contributed by atoms with Crippen LogP contribution in [0.4, 0.5) is 17.5 Å². The minimum atomic E-state index is 0.206. The number of anilines is 3. The first-order chi connectivity index (χ1) is 14.3. The fourth-order valence-electron chi connectivity index (χ4n) is 4.13. The monoisotopic (exact) mass is 394 g/mol. The van der Waals surface area contributed by atoms with E-state index in [1.165, 1.54) is 0 Å². The Hall–Kier alpha value is -2.84. The number of nitrogens with zero attached hydrogens (tertiary/aromatic N) is 4. The molecule has 0 amide bonds. The van der Waals surface area contributed by atoms with Gasteiger partial charge in [0, 0.05) is 42.9 Å². The molecule has 2 aliphatic heterocycles. The maximum absolute atomic E-state index is 5.53. The number of aromatic amines is 1. The summed E-state index contributed by atoms with van der Waals surface area (Å²) in [6.45, 7) is 6.49. The van der Waals surface area contributed by atoms with E-state index in [9.17, 15) is 0 Å². The van der Waals surface area contributed by atoms with E-state index < -0.39 is 0 Å². The van der Waals surface area contributed by atoms with Gasteiger partial charge in [0.25, 0.3) is 0 Å². The highest BCUT2D eigenvalue weighted by Gasteiger charge is 2.31. The normalized spacial score (nSPS) is 17.4. The van der Waals surface area contributed by atoms with Gasteiger partial charge >= 0.3 is 0 Å². The van der Waals surface area contributed by atoms with Gasteiger partial charge in [0.05, 0.1) is 32.5 Å². The molecule has 2 aromatic heterocycles. The third-order valence-electron chi connectivity index (χ3n) is 5.66. The van der Waals surface area contributed by atoms with Crippen molar-refractivity contribution in [1.82, 2.24) is 15.0 Å². The lowest BCUT2D eigenvalue weighted by atomic mass is 10.1. The van der Waals surface area contributed by atoms with E-state index >= 15 is 0 Å². The predicted molar refractivity (Wildman–Crippen MR) is 115 cm³/mol. The summed E-state index contributed by atoms with van der Waals surface area (Å²) in [7, 11) is 1.73. The molecule has 1 aromatic carbocycles. The second kappa shape index (κ2) is 7.53. The summed E-state index contributed by atoms with van der Waals surface area (Å²) in [4.78, 5) is 17.8. The summed E-state index contributed by atoms with van der Waals surface area (Å²) >= 11 is 0. The Morgan fingerprint density at radius 3 is 2.90 bits per heavy atom. The van der Waals surface area contributed by atoms with Gasteiger partial charge in [-0.2, -0.15) is 4.98 Å². The van der Waals surface area contributed by atoms with Crippen LogP contribution in [0.3, 0.4) is 0 Å². The number of rotatable bonds is 5. The molecule has 2 aliphatic rings. The zero-order chi connectivity index (χ0) is 19.8. The summed E-state index contributed by atoms with van der Waals surface area (Å²) in [5, 5.41) is 4.69. The Kier molecular flexibility index (Phi) is 4.73. The van der Waals surface area contributed by atoms with Crippen molar-refractivity contribution in [1.29, 1.82) is 0 Å². The third-order valence-corrected chi connectivity index (χ3v) is 5.66. The van der Waals surface area contributed by atoms with E-state index in [2.05, 4.69) is 51.3 Å². The van der Waals surface area contributed by atoms with Crippen LogP contribution in [0.25, 0.3) is 22.2 Å². The van der Waals surface area contributed by atoms with Gasteiger partial charge < -0.3 is 29.6 Å². The SMILES string of the molecule is COCC(C)N1CNc2c(-c3cccc4[nH]ccc34)nc(N3CCOCC3)nc21. The maximum atomic E-state index is 5.53. The van der Waals surface area contributed by atoms with Crippen LogP contribution in [0.2, 0.25) is 0 Å². The molecule has 1 saturated heterocycles. The van der Waals surface area contributed by atoms with Gasteiger partial charge in [0.2, 0.25) is 5.95 Å². The van der Waals surface area contributed by atoms with Crippen LogP contribution in [0.5, 0.6) is 0 Å². The van der Waals surface area contributed by atoms with Gasteiger partial charge in [-0.3, -0.25) is 0 Å². The summed E-state index contributed by atoms with van der Waals surface area (Å²) in [5.41, 5.74) is 4.13. The second-order valence-corrected chi connectivity index (χ2v) is 7.52. The molecule has 0 bridgehead atoms. The number of aromatic nitrogens is 3. The minimum absolute atomic E-state index is 0.206. The molecule has 8 nitrogen and oxygen atoms in total. The first-order valence-corrected chi connectivity index (χ1v) is 10.1. The molecule has 8 heteroatoms. The molecule has 1 unspecified atom stereocenters. The zero-order valence-corrected chi connectivity index (χ0v) is 16.8. The summed E-state index contributed by atoms with van der Waals surface area (Å²) < 4.78 is 10.9. The Bertz CT molecular complexity index is 1010. The number of hydrogen-bond acceptors (Lipinski definition) is 7. The van der Waals surface area contributed by atoms with Crippen LogP contribution in [0.1, 0.15) is 6.92 Å². The van der Waals surface area contributed by atoms with E-state index in [1.807, 2.05) is 6.20 Å². The molecule has 0 spiro atoms. The highest BCUT2D eigenvalue weighted by atomic mass is 16.5. The van der Waals surface area contributed by atoms with Crippen LogP contribution in [0.15, 0.2) is 30.5 Å². The Balaban J connectivity index is 1.67. The summed E-state index contributed by atoms with van der Waals surface area (Å²) in [5.74, 6) is 1.70. The molecular weight excluding hydrogens is 368 g/mol. The molecule has 4 heterocycles. The van der Waals surface area contributed by atoms with E-state index in [-0.39, 0.29) is 6.04 Å². The van der Waals surface area contributed by atoms with E-state index in [0.717, 1.165) is 52.7 Å². The summed E-state index contributed by atoms with van der Waals surface area (Å²) in [6, 6.07) is 8.59.